The van der Waals surface area contributed by atoms with E-state index in [2.05, 4.69) is 41.1 Å². The molecule has 0 bridgehead atoms. The topological polar surface area (TPSA) is 35.6 Å². The average molecular weight is 329 g/mol. The van der Waals surface area contributed by atoms with Crippen LogP contribution in [0.5, 0.6) is 0 Å². The molecule has 1 saturated heterocycles. The summed E-state index contributed by atoms with van der Waals surface area (Å²) in [5, 5.41) is 3.37. The molecule has 2 aliphatic heterocycles. The molecule has 0 aliphatic carbocycles. The van der Waals surface area contributed by atoms with E-state index in [1.54, 1.807) is 0 Å². The van der Waals surface area contributed by atoms with Crippen molar-refractivity contribution >= 4 is 11.5 Å². The third-order valence-corrected chi connectivity index (χ3v) is 5.27. The summed E-state index contributed by atoms with van der Waals surface area (Å²) in [6.45, 7) is 11.5. The van der Waals surface area contributed by atoms with Gasteiger partial charge >= 0.3 is 0 Å². The van der Waals surface area contributed by atoms with Gasteiger partial charge in [0.1, 0.15) is 0 Å². The van der Waals surface area contributed by atoms with Crippen LogP contribution in [0.4, 0.5) is 5.69 Å². The number of Topliss-reactive ketones (excluding diaryl/α,β-unsaturated/α-hetero) is 1. The highest BCUT2D eigenvalue weighted by Gasteiger charge is 2.22. The molecule has 2 aliphatic rings. The zero-order valence-corrected chi connectivity index (χ0v) is 15.2. The molecule has 0 spiro atoms. The highest BCUT2D eigenvalue weighted by atomic mass is 16.1. The van der Waals surface area contributed by atoms with Crippen molar-refractivity contribution in [3.63, 3.8) is 0 Å². The van der Waals surface area contributed by atoms with Crippen LogP contribution in [0.2, 0.25) is 0 Å². The minimum Gasteiger partial charge on any atom is -0.371 e. The molecule has 2 heterocycles. The Morgan fingerprint density at radius 3 is 2.79 bits per heavy atom. The molecule has 1 aromatic carbocycles. The normalized spacial score (nSPS) is 19.8. The second kappa shape index (κ2) is 8.13. The van der Waals surface area contributed by atoms with Crippen molar-refractivity contribution in [3.05, 3.63) is 29.3 Å². The number of hydrogen-bond acceptors (Lipinski definition) is 4. The van der Waals surface area contributed by atoms with Crippen LogP contribution in [-0.4, -0.2) is 56.5 Å². The summed E-state index contributed by atoms with van der Waals surface area (Å²) in [7, 11) is 0. The van der Waals surface area contributed by atoms with Gasteiger partial charge in [-0.05, 0) is 30.9 Å². The van der Waals surface area contributed by atoms with E-state index in [9.17, 15) is 4.79 Å². The Hall–Kier alpha value is -1.39. The molecule has 1 unspecified atom stereocenters. The number of nitrogens with one attached hydrogen (secondary N) is 1. The first-order valence-corrected chi connectivity index (χ1v) is 9.54. The summed E-state index contributed by atoms with van der Waals surface area (Å²) in [4.78, 5) is 17.8. The molecule has 1 aromatic rings. The molecule has 1 N–H and O–H groups in total. The first-order chi connectivity index (χ1) is 11.7. The fourth-order valence-electron chi connectivity index (χ4n) is 3.95. The molecule has 0 saturated carbocycles. The highest BCUT2D eigenvalue weighted by molar-refractivity contribution is 5.98. The Labute approximate surface area is 146 Å². The first kappa shape index (κ1) is 17.4. The van der Waals surface area contributed by atoms with Crippen molar-refractivity contribution in [2.45, 2.75) is 33.1 Å². The van der Waals surface area contributed by atoms with Gasteiger partial charge in [-0.25, -0.2) is 0 Å². The van der Waals surface area contributed by atoms with Gasteiger partial charge in [-0.2, -0.15) is 0 Å². The van der Waals surface area contributed by atoms with Crippen molar-refractivity contribution in [1.29, 1.82) is 0 Å². The Morgan fingerprint density at radius 1 is 1.25 bits per heavy atom. The minimum atomic E-state index is 0.0596. The number of benzene rings is 1. The summed E-state index contributed by atoms with van der Waals surface area (Å²) in [5.74, 6) is 0.350. The predicted molar refractivity (Wildman–Crippen MR) is 100 cm³/mol. The van der Waals surface area contributed by atoms with Crippen molar-refractivity contribution in [2.24, 2.45) is 5.92 Å². The fraction of sp³-hybridized carbons (Fsp3) is 0.650. The SMILES string of the molecule is CCCN1CCCc2ccc(C(=O)C(C)CN3CCNCC3)cc21. The molecule has 1 fully saturated rings. The summed E-state index contributed by atoms with van der Waals surface area (Å²) in [6.07, 6.45) is 3.51. The number of anilines is 1. The molecule has 3 rings (SSSR count). The van der Waals surface area contributed by atoms with Crippen LogP contribution in [-0.2, 0) is 6.42 Å². The van der Waals surface area contributed by atoms with Crippen LogP contribution >= 0.6 is 0 Å². The van der Waals surface area contributed by atoms with Gasteiger partial charge in [0.2, 0.25) is 0 Å². The Morgan fingerprint density at radius 2 is 2.04 bits per heavy atom. The first-order valence-electron chi connectivity index (χ1n) is 9.54. The molecule has 24 heavy (non-hydrogen) atoms. The molecular formula is C20H31N3O. The van der Waals surface area contributed by atoms with Crippen molar-refractivity contribution < 1.29 is 4.79 Å². The number of nitrogens with zero attached hydrogens (tertiary/aromatic N) is 2. The van der Waals surface area contributed by atoms with Crippen LogP contribution in [0.1, 0.15) is 42.6 Å². The smallest absolute Gasteiger partial charge is 0.167 e. The van der Waals surface area contributed by atoms with E-state index in [1.807, 2.05) is 6.07 Å². The van der Waals surface area contributed by atoms with Crippen molar-refractivity contribution in [1.82, 2.24) is 10.2 Å². The maximum Gasteiger partial charge on any atom is 0.167 e. The lowest BCUT2D eigenvalue weighted by Crippen LogP contribution is -2.45. The largest absolute Gasteiger partial charge is 0.371 e. The molecule has 4 heteroatoms. The molecule has 0 aromatic heterocycles. The Balaban J connectivity index is 1.71. The van der Waals surface area contributed by atoms with Crippen LogP contribution in [0.15, 0.2) is 18.2 Å². The van der Waals surface area contributed by atoms with Gasteiger partial charge in [-0.1, -0.05) is 26.0 Å². The zero-order valence-electron chi connectivity index (χ0n) is 15.2. The maximum absolute atomic E-state index is 12.9. The van der Waals surface area contributed by atoms with E-state index in [0.29, 0.717) is 5.78 Å². The molecular weight excluding hydrogens is 298 g/mol. The van der Waals surface area contributed by atoms with Gasteiger partial charge < -0.3 is 15.1 Å². The van der Waals surface area contributed by atoms with E-state index in [1.165, 1.54) is 17.7 Å². The lowest BCUT2D eigenvalue weighted by atomic mass is 9.94. The number of fused-ring (bicyclic) bond motifs is 1. The summed E-state index contributed by atoms with van der Waals surface area (Å²) in [6, 6.07) is 6.38. The minimum absolute atomic E-state index is 0.0596. The Kier molecular flexibility index (Phi) is 5.90. The molecule has 132 valence electrons. The lowest BCUT2D eigenvalue weighted by molar-refractivity contribution is 0.0887. The van der Waals surface area contributed by atoms with E-state index in [4.69, 9.17) is 0 Å². The van der Waals surface area contributed by atoms with Crippen LogP contribution in [0, 0.1) is 5.92 Å². The summed E-state index contributed by atoms with van der Waals surface area (Å²) in [5.41, 5.74) is 3.59. The lowest BCUT2D eigenvalue weighted by Gasteiger charge is -2.32. The number of hydrogen-bond donors (Lipinski definition) is 1. The van der Waals surface area contributed by atoms with Gasteiger partial charge in [0.25, 0.3) is 0 Å². The van der Waals surface area contributed by atoms with Crippen molar-refractivity contribution in [3.8, 4) is 0 Å². The number of carbonyl (C=O) groups is 1. The maximum atomic E-state index is 12.9. The highest BCUT2D eigenvalue weighted by Crippen LogP contribution is 2.29. The van der Waals surface area contributed by atoms with Gasteiger partial charge in [-0.15, -0.1) is 0 Å². The number of carbonyl (C=O) groups excluding carboxylic acids is 1. The van der Waals surface area contributed by atoms with E-state index in [-0.39, 0.29) is 5.92 Å². The van der Waals surface area contributed by atoms with Crippen LogP contribution in [0.3, 0.4) is 0 Å². The number of aryl methyl sites for hydroxylation is 1. The van der Waals surface area contributed by atoms with E-state index >= 15 is 0 Å². The Bertz CT molecular complexity index is 566. The zero-order chi connectivity index (χ0) is 16.9. The third-order valence-electron chi connectivity index (χ3n) is 5.27. The summed E-state index contributed by atoms with van der Waals surface area (Å²) >= 11 is 0. The van der Waals surface area contributed by atoms with E-state index < -0.39 is 0 Å². The third kappa shape index (κ3) is 3.98. The molecule has 1 atom stereocenters. The van der Waals surface area contributed by atoms with Gasteiger partial charge in [0.15, 0.2) is 5.78 Å². The molecule has 4 nitrogen and oxygen atoms in total. The van der Waals surface area contributed by atoms with Crippen molar-refractivity contribution in [2.75, 3.05) is 50.7 Å². The van der Waals surface area contributed by atoms with E-state index in [0.717, 1.165) is 64.2 Å². The van der Waals surface area contributed by atoms with Gasteiger partial charge in [0, 0.05) is 63.0 Å². The van der Waals surface area contributed by atoms with Gasteiger partial charge in [0.05, 0.1) is 0 Å². The quantitative estimate of drug-likeness (QED) is 0.814. The number of piperazine rings is 1. The second-order valence-electron chi connectivity index (χ2n) is 7.25. The molecule has 0 amide bonds. The fourth-order valence-corrected chi connectivity index (χ4v) is 3.95. The number of rotatable bonds is 6. The predicted octanol–water partition coefficient (Wildman–Crippen LogP) is 2.57. The summed E-state index contributed by atoms with van der Waals surface area (Å²) < 4.78 is 0. The van der Waals surface area contributed by atoms with Gasteiger partial charge in [-0.3, -0.25) is 4.79 Å². The number of ketones is 1. The standard InChI is InChI=1S/C20H31N3O/c1-3-10-23-11-4-5-17-6-7-18(14-19(17)23)20(24)16(2)15-22-12-8-21-9-13-22/h6-7,14,16,21H,3-5,8-13,15H2,1-2H3. The van der Waals surface area contributed by atoms with Crippen LogP contribution < -0.4 is 10.2 Å². The average Bonchev–Trinajstić information content (AvgIpc) is 2.62. The second-order valence-corrected chi connectivity index (χ2v) is 7.25. The molecule has 0 radical (unpaired) electrons. The van der Waals surface area contributed by atoms with Crippen LogP contribution in [0.25, 0.3) is 0 Å². The monoisotopic (exact) mass is 329 g/mol.